The van der Waals surface area contributed by atoms with Gasteiger partial charge in [-0.1, -0.05) is 18.2 Å². The third-order valence-electron chi connectivity index (χ3n) is 3.27. The van der Waals surface area contributed by atoms with Gasteiger partial charge in [-0.2, -0.15) is 0 Å². The molecule has 118 valence electrons. The summed E-state index contributed by atoms with van der Waals surface area (Å²) in [5.41, 5.74) is 1.18. The molecular weight excluding hydrogens is 380 g/mol. The highest BCUT2D eigenvalue weighted by Gasteiger charge is 2.15. The molecule has 3 aromatic rings. The third-order valence-corrected chi connectivity index (χ3v) is 5.28. The second kappa shape index (κ2) is 6.17. The maximum absolute atomic E-state index is 12.5. The summed E-state index contributed by atoms with van der Waals surface area (Å²) in [4.78, 5) is 4.42. The third kappa shape index (κ3) is 3.30. The average molecular weight is 393 g/mol. The number of para-hydroxylation sites is 1. The molecule has 0 aliphatic rings. The number of rotatable bonds is 4. The second-order valence-electron chi connectivity index (χ2n) is 4.82. The summed E-state index contributed by atoms with van der Waals surface area (Å²) in [6.45, 7) is 0. The number of fused-ring (bicyclic) bond motifs is 1. The van der Waals surface area contributed by atoms with Gasteiger partial charge in [-0.15, -0.1) is 0 Å². The summed E-state index contributed by atoms with van der Waals surface area (Å²) in [6.07, 6.45) is 1.49. The van der Waals surface area contributed by atoms with E-state index in [1.54, 1.807) is 18.2 Å². The van der Waals surface area contributed by atoms with Crippen molar-refractivity contribution in [3.8, 4) is 5.75 Å². The molecule has 0 fully saturated rings. The summed E-state index contributed by atoms with van der Waals surface area (Å²) in [5, 5.41) is 0.838. The van der Waals surface area contributed by atoms with E-state index in [1.165, 1.54) is 25.4 Å². The Labute approximate surface area is 142 Å². The van der Waals surface area contributed by atoms with Crippen LogP contribution in [0.3, 0.4) is 0 Å². The van der Waals surface area contributed by atoms with Gasteiger partial charge in [-0.25, -0.2) is 8.42 Å². The standard InChI is InChI=1S/C16H13BrN2O3S/c1-22-13-5-3-6-14(9-13)23(20,21)19-12-8-11-4-2-7-15(17)16(11)18-10-12/h2-10,19H,1H3. The molecule has 0 aliphatic heterocycles. The van der Waals surface area contributed by atoms with Gasteiger partial charge in [-0.3, -0.25) is 9.71 Å². The lowest BCUT2D eigenvalue weighted by atomic mass is 10.2. The Morgan fingerprint density at radius 3 is 2.70 bits per heavy atom. The largest absolute Gasteiger partial charge is 0.497 e. The van der Waals surface area contributed by atoms with Crippen molar-refractivity contribution in [3.05, 3.63) is 59.2 Å². The van der Waals surface area contributed by atoms with E-state index in [-0.39, 0.29) is 4.90 Å². The Balaban J connectivity index is 1.97. The number of benzene rings is 2. The predicted octanol–water partition coefficient (Wildman–Crippen LogP) is 3.81. The lowest BCUT2D eigenvalue weighted by molar-refractivity contribution is 0.413. The molecule has 0 radical (unpaired) electrons. The Kier molecular flexibility index (Phi) is 4.23. The predicted molar refractivity (Wildman–Crippen MR) is 93.2 cm³/mol. The second-order valence-corrected chi connectivity index (χ2v) is 7.36. The number of nitrogens with one attached hydrogen (secondary N) is 1. The highest BCUT2D eigenvalue weighted by atomic mass is 79.9. The van der Waals surface area contributed by atoms with Crippen molar-refractivity contribution >= 4 is 42.5 Å². The van der Waals surface area contributed by atoms with E-state index >= 15 is 0 Å². The summed E-state index contributed by atoms with van der Waals surface area (Å²) >= 11 is 3.42. The maximum atomic E-state index is 12.5. The van der Waals surface area contributed by atoms with Crippen molar-refractivity contribution in [2.75, 3.05) is 11.8 Å². The zero-order chi connectivity index (χ0) is 16.4. The van der Waals surface area contributed by atoms with Crippen LogP contribution in [0.15, 0.2) is 64.1 Å². The first-order valence-electron chi connectivity index (χ1n) is 6.71. The Hall–Kier alpha value is -2.12. The van der Waals surface area contributed by atoms with Gasteiger partial charge >= 0.3 is 0 Å². The van der Waals surface area contributed by atoms with E-state index in [0.717, 1.165) is 15.4 Å². The molecule has 0 bridgehead atoms. The van der Waals surface area contributed by atoms with Crippen molar-refractivity contribution in [3.63, 3.8) is 0 Å². The summed E-state index contributed by atoms with van der Waals surface area (Å²) in [6, 6.07) is 13.7. The summed E-state index contributed by atoms with van der Waals surface area (Å²) in [5.74, 6) is 0.480. The zero-order valence-electron chi connectivity index (χ0n) is 12.2. The number of anilines is 1. The molecule has 0 saturated carbocycles. The van der Waals surface area contributed by atoms with Gasteiger partial charge in [0.25, 0.3) is 10.0 Å². The van der Waals surface area contributed by atoms with Crippen LogP contribution in [0.5, 0.6) is 5.75 Å². The van der Waals surface area contributed by atoms with Gasteiger partial charge in [0.15, 0.2) is 0 Å². The molecule has 1 aromatic heterocycles. The first-order chi connectivity index (χ1) is 11.0. The van der Waals surface area contributed by atoms with Crippen molar-refractivity contribution in [1.29, 1.82) is 0 Å². The average Bonchev–Trinajstić information content (AvgIpc) is 2.54. The highest BCUT2D eigenvalue weighted by molar-refractivity contribution is 9.10. The monoisotopic (exact) mass is 392 g/mol. The molecule has 1 heterocycles. The smallest absolute Gasteiger partial charge is 0.262 e. The lowest BCUT2D eigenvalue weighted by Crippen LogP contribution is -2.13. The first kappa shape index (κ1) is 15.8. The van der Waals surface area contributed by atoms with Gasteiger partial charge in [0.1, 0.15) is 5.75 Å². The molecule has 1 N–H and O–H groups in total. The van der Waals surface area contributed by atoms with E-state index in [2.05, 4.69) is 25.6 Å². The molecule has 0 saturated heterocycles. The van der Waals surface area contributed by atoms with Crippen LogP contribution in [-0.2, 0) is 10.0 Å². The Morgan fingerprint density at radius 2 is 1.91 bits per heavy atom. The van der Waals surface area contributed by atoms with Gasteiger partial charge in [0, 0.05) is 15.9 Å². The minimum absolute atomic E-state index is 0.131. The van der Waals surface area contributed by atoms with Gasteiger partial charge < -0.3 is 4.74 Å². The molecule has 0 aliphatic carbocycles. The van der Waals surface area contributed by atoms with Crippen LogP contribution >= 0.6 is 15.9 Å². The Bertz CT molecular complexity index is 974. The van der Waals surface area contributed by atoms with Crippen molar-refractivity contribution in [2.24, 2.45) is 0 Å². The number of nitrogens with zero attached hydrogens (tertiary/aromatic N) is 1. The topological polar surface area (TPSA) is 68.3 Å². The quantitative estimate of drug-likeness (QED) is 0.732. The number of hydrogen-bond acceptors (Lipinski definition) is 4. The number of methoxy groups -OCH3 is 1. The first-order valence-corrected chi connectivity index (χ1v) is 8.98. The zero-order valence-corrected chi connectivity index (χ0v) is 14.6. The number of aromatic nitrogens is 1. The van der Waals surface area contributed by atoms with Crippen molar-refractivity contribution in [1.82, 2.24) is 4.98 Å². The van der Waals surface area contributed by atoms with Crippen LogP contribution in [0.1, 0.15) is 0 Å². The molecule has 0 unspecified atom stereocenters. The van der Waals surface area contributed by atoms with Gasteiger partial charge in [0.05, 0.1) is 29.4 Å². The molecule has 0 atom stereocenters. The molecular formula is C16H13BrN2O3S. The fraction of sp³-hybridized carbons (Fsp3) is 0.0625. The van der Waals surface area contributed by atoms with Crippen LogP contribution in [0, 0.1) is 0 Å². The molecule has 7 heteroatoms. The van der Waals surface area contributed by atoms with Crippen LogP contribution in [0.2, 0.25) is 0 Å². The minimum Gasteiger partial charge on any atom is -0.497 e. The fourth-order valence-corrected chi connectivity index (χ4v) is 3.71. The molecule has 2 aromatic carbocycles. The van der Waals surface area contributed by atoms with E-state index in [9.17, 15) is 8.42 Å². The minimum atomic E-state index is -3.71. The normalized spacial score (nSPS) is 11.4. The van der Waals surface area contributed by atoms with Crippen molar-refractivity contribution in [2.45, 2.75) is 4.90 Å². The SMILES string of the molecule is COc1cccc(S(=O)(=O)Nc2cnc3c(Br)cccc3c2)c1. The maximum Gasteiger partial charge on any atom is 0.262 e. The molecule has 3 rings (SSSR count). The van der Waals surface area contributed by atoms with E-state index in [0.29, 0.717) is 11.4 Å². The number of sulfonamides is 1. The van der Waals surface area contributed by atoms with Crippen LogP contribution in [-0.4, -0.2) is 20.5 Å². The highest BCUT2D eigenvalue weighted by Crippen LogP contribution is 2.25. The van der Waals surface area contributed by atoms with Crippen LogP contribution in [0.25, 0.3) is 10.9 Å². The van der Waals surface area contributed by atoms with Gasteiger partial charge in [-0.05, 0) is 40.2 Å². The van der Waals surface area contributed by atoms with Crippen molar-refractivity contribution < 1.29 is 13.2 Å². The van der Waals surface area contributed by atoms with E-state index in [4.69, 9.17) is 4.74 Å². The molecule has 0 spiro atoms. The van der Waals surface area contributed by atoms with Crippen LogP contribution < -0.4 is 9.46 Å². The fourth-order valence-electron chi connectivity index (χ4n) is 2.16. The number of pyridine rings is 1. The molecule has 23 heavy (non-hydrogen) atoms. The summed E-state index contributed by atoms with van der Waals surface area (Å²) in [7, 11) is -2.22. The van der Waals surface area contributed by atoms with E-state index < -0.39 is 10.0 Å². The number of halogens is 1. The Morgan fingerprint density at radius 1 is 1.13 bits per heavy atom. The molecule has 0 amide bonds. The summed E-state index contributed by atoms with van der Waals surface area (Å²) < 4.78 is 33.4. The number of hydrogen-bond donors (Lipinski definition) is 1. The number of ether oxygens (including phenoxy) is 1. The van der Waals surface area contributed by atoms with Crippen LogP contribution in [0.4, 0.5) is 5.69 Å². The molecule has 5 nitrogen and oxygen atoms in total. The van der Waals surface area contributed by atoms with E-state index in [1.807, 2.05) is 18.2 Å². The lowest BCUT2D eigenvalue weighted by Gasteiger charge is -2.10. The van der Waals surface area contributed by atoms with Gasteiger partial charge in [0.2, 0.25) is 0 Å².